The van der Waals surface area contributed by atoms with E-state index in [0.717, 1.165) is 26.2 Å². The topological polar surface area (TPSA) is 44.8 Å². The van der Waals surface area contributed by atoms with E-state index in [0.29, 0.717) is 12.6 Å². The predicted molar refractivity (Wildman–Crippen MR) is 81.8 cm³/mol. The SMILES string of the molecule is COC(=O)C(C)(CN1CCN(C(C)C)CC1)NC(C)C. The Morgan fingerprint density at radius 1 is 1.20 bits per heavy atom. The zero-order chi connectivity index (χ0) is 15.3. The van der Waals surface area contributed by atoms with Crippen LogP contribution in [0.2, 0.25) is 0 Å². The van der Waals surface area contributed by atoms with Crippen molar-refractivity contribution >= 4 is 5.97 Å². The molecule has 1 rings (SSSR count). The largest absolute Gasteiger partial charge is 0.468 e. The van der Waals surface area contributed by atoms with Gasteiger partial charge in [0.2, 0.25) is 0 Å². The van der Waals surface area contributed by atoms with E-state index < -0.39 is 5.54 Å². The van der Waals surface area contributed by atoms with Crippen LogP contribution in [0.3, 0.4) is 0 Å². The average molecular weight is 285 g/mol. The molecular weight excluding hydrogens is 254 g/mol. The van der Waals surface area contributed by atoms with Gasteiger partial charge in [-0.05, 0) is 34.6 Å². The molecule has 5 heteroatoms. The molecule has 118 valence electrons. The van der Waals surface area contributed by atoms with Crippen LogP contribution in [0.15, 0.2) is 0 Å². The maximum Gasteiger partial charge on any atom is 0.327 e. The van der Waals surface area contributed by atoms with Gasteiger partial charge >= 0.3 is 5.97 Å². The lowest BCUT2D eigenvalue weighted by atomic mass is 10.00. The zero-order valence-corrected chi connectivity index (χ0v) is 13.9. The number of methoxy groups -OCH3 is 1. The summed E-state index contributed by atoms with van der Waals surface area (Å²) in [6.07, 6.45) is 0. The van der Waals surface area contributed by atoms with E-state index in [9.17, 15) is 4.79 Å². The van der Waals surface area contributed by atoms with E-state index >= 15 is 0 Å². The molecule has 1 atom stereocenters. The van der Waals surface area contributed by atoms with Crippen molar-refractivity contribution in [3.63, 3.8) is 0 Å². The summed E-state index contributed by atoms with van der Waals surface area (Å²) in [5.74, 6) is -0.183. The molecule has 0 saturated carbocycles. The lowest BCUT2D eigenvalue weighted by molar-refractivity contribution is -0.149. The number of rotatable bonds is 6. The number of nitrogens with zero attached hydrogens (tertiary/aromatic N) is 2. The molecule has 0 aliphatic carbocycles. The van der Waals surface area contributed by atoms with E-state index in [4.69, 9.17) is 4.74 Å². The molecule has 1 fully saturated rings. The van der Waals surface area contributed by atoms with Gasteiger partial charge in [0.15, 0.2) is 0 Å². The van der Waals surface area contributed by atoms with E-state index in [-0.39, 0.29) is 12.0 Å². The summed E-state index contributed by atoms with van der Waals surface area (Å²) in [5, 5.41) is 3.36. The standard InChI is InChI=1S/C15H31N3O2/c1-12(2)16-15(5,14(19)20-6)11-17-7-9-18(10-8-17)13(3)4/h12-13,16H,7-11H2,1-6H3. The summed E-state index contributed by atoms with van der Waals surface area (Å²) >= 11 is 0. The summed E-state index contributed by atoms with van der Waals surface area (Å²) in [6.45, 7) is 15.3. The molecule has 1 saturated heterocycles. The molecule has 0 aromatic heterocycles. The Morgan fingerprint density at radius 2 is 1.75 bits per heavy atom. The molecule has 0 amide bonds. The third kappa shape index (κ3) is 4.72. The number of carbonyl (C=O) groups is 1. The van der Waals surface area contributed by atoms with Gasteiger partial charge in [-0.15, -0.1) is 0 Å². The summed E-state index contributed by atoms with van der Waals surface area (Å²) in [7, 11) is 1.46. The summed E-state index contributed by atoms with van der Waals surface area (Å²) < 4.78 is 4.98. The molecule has 0 aromatic rings. The van der Waals surface area contributed by atoms with Gasteiger partial charge in [-0.2, -0.15) is 0 Å². The average Bonchev–Trinajstić information content (AvgIpc) is 2.37. The number of carbonyl (C=O) groups excluding carboxylic acids is 1. The van der Waals surface area contributed by atoms with Gasteiger partial charge in [-0.1, -0.05) is 0 Å². The minimum absolute atomic E-state index is 0.183. The van der Waals surface area contributed by atoms with E-state index in [2.05, 4.69) is 42.8 Å². The maximum atomic E-state index is 12.1. The molecular formula is C15H31N3O2. The van der Waals surface area contributed by atoms with Crippen LogP contribution >= 0.6 is 0 Å². The molecule has 0 aromatic carbocycles. The lowest BCUT2D eigenvalue weighted by Gasteiger charge is -2.41. The fourth-order valence-electron chi connectivity index (χ4n) is 2.92. The normalized spacial score (nSPS) is 21.2. The second kappa shape index (κ2) is 7.38. The maximum absolute atomic E-state index is 12.1. The van der Waals surface area contributed by atoms with Crippen molar-refractivity contribution in [1.29, 1.82) is 0 Å². The fourth-order valence-corrected chi connectivity index (χ4v) is 2.92. The summed E-state index contributed by atoms with van der Waals surface area (Å²) in [4.78, 5) is 16.9. The van der Waals surface area contributed by atoms with Gasteiger partial charge in [-0.3, -0.25) is 19.9 Å². The molecule has 1 unspecified atom stereocenters. The van der Waals surface area contributed by atoms with Gasteiger partial charge in [0.25, 0.3) is 0 Å². The Kier molecular flexibility index (Phi) is 6.43. The first-order valence-corrected chi connectivity index (χ1v) is 7.61. The van der Waals surface area contributed by atoms with Gasteiger partial charge < -0.3 is 4.74 Å². The van der Waals surface area contributed by atoms with Gasteiger partial charge in [0.1, 0.15) is 5.54 Å². The molecule has 0 spiro atoms. The Balaban J connectivity index is 2.61. The van der Waals surface area contributed by atoms with Gasteiger partial charge in [0, 0.05) is 44.8 Å². The smallest absolute Gasteiger partial charge is 0.327 e. The minimum Gasteiger partial charge on any atom is -0.468 e. The van der Waals surface area contributed by atoms with Crippen molar-refractivity contribution in [1.82, 2.24) is 15.1 Å². The van der Waals surface area contributed by atoms with Crippen LogP contribution in [0.5, 0.6) is 0 Å². The molecule has 1 aliphatic rings. The van der Waals surface area contributed by atoms with Crippen LogP contribution in [0.4, 0.5) is 0 Å². The Labute approximate surface area is 123 Å². The first kappa shape index (κ1) is 17.4. The molecule has 0 radical (unpaired) electrons. The molecule has 1 heterocycles. The van der Waals surface area contributed by atoms with E-state index in [1.807, 2.05) is 6.92 Å². The molecule has 20 heavy (non-hydrogen) atoms. The van der Waals surface area contributed by atoms with E-state index in [1.165, 1.54) is 7.11 Å². The Morgan fingerprint density at radius 3 is 2.15 bits per heavy atom. The predicted octanol–water partition coefficient (Wildman–Crippen LogP) is 0.942. The second-order valence-corrected chi connectivity index (χ2v) is 6.53. The third-order valence-electron chi connectivity index (χ3n) is 3.92. The number of esters is 1. The van der Waals surface area contributed by atoms with Crippen molar-refractivity contribution in [3.8, 4) is 0 Å². The van der Waals surface area contributed by atoms with Crippen molar-refractivity contribution in [2.45, 2.75) is 52.2 Å². The third-order valence-corrected chi connectivity index (χ3v) is 3.92. The van der Waals surface area contributed by atoms with Crippen LogP contribution < -0.4 is 5.32 Å². The number of ether oxygens (including phenoxy) is 1. The number of nitrogens with one attached hydrogen (secondary N) is 1. The Bertz CT molecular complexity index is 312. The fraction of sp³-hybridized carbons (Fsp3) is 0.933. The van der Waals surface area contributed by atoms with E-state index in [1.54, 1.807) is 0 Å². The first-order chi connectivity index (χ1) is 9.28. The monoisotopic (exact) mass is 285 g/mol. The minimum atomic E-state index is -0.636. The highest BCUT2D eigenvalue weighted by molar-refractivity contribution is 5.80. The van der Waals surface area contributed by atoms with Crippen molar-refractivity contribution < 1.29 is 9.53 Å². The van der Waals surface area contributed by atoms with Gasteiger partial charge in [-0.25, -0.2) is 0 Å². The zero-order valence-electron chi connectivity index (χ0n) is 13.9. The molecule has 5 nitrogen and oxygen atoms in total. The van der Waals surface area contributed by atoms with Crippen LogP contribution in [0, 0.1) is 0 Å². The number of hydrogen-bond acceptors (Lipinski definition) is 5. The quantitative estimate of drug-likeness (QED) is 0.736. The number of piperazine rings is 1. The second-order valence-electron chi connectivity index (χ2n) is 6.53. The van der Waals surface area contributed by atoms with Crippen molar-refractivity contribution in [2.24, 2.45) is 0 Å². The first-order valence-electron chi connectivity index (χ1n) is 7.61. The molecule has 0 bridgehead atoms. The number of hydrogen-bond donors (Lipinski definition) is 1. The highest BCUT2D eigenvalue weighted by atomic mass is 16.5. The van der Waals surface area contributed by atoms with Crippen molar-refractivity contribution in [2.75, 3.05) is 39.8 Å². The molecule has 1 aliphatic heterocycles. The van der Waals surface area contributed by atoms with Gasteiger partial charge in [0.05, 0.1) is 7.11 Å². The lowest BCUT2D eigenvalue weighted by Crippen LogP contribution is -2.61. The molecule has 1 N–H and O–H groups in total. The Hall–Kier alpha value is -0.650. The van der Waals surface area contributed by atoms with Crippen LogP contribution in [-0.4, -0.2) is 73.2 Å². The van der Waals surface area contributed by atoms with Crippen LogP contribution in [0.1, 0.15) is 34.6 Å². The van der Waals surface area contributed by atoms with Crippen LogP contribution in [0.25, 0.3) is 0 Å². The highest BCUT2D eigenvalue weighted by Gasteiger charge is 2.37. The van der Waals surface area contributed by atoms with Crippen LogP contribution in [-0.2, 0) is 9.53 Å². The highest BCUT2D eigenvalue weighted by Crippen LogP contribution is 2.14. The summed E-state index contributed by atoms with van der Waals surface area (Å²) in [5.41, 5.74) is -0.636. The van der Waals surface area contributed by atoms with Crippen molar-refractivity contribution in [3.05, 3.63) is 0 Å². The summed E-state index contributed by atoms with van der Waals surface area (Å²) in [6, 6.07) is 0.842.